The zero-order valence-corrected chi connectivity index (χ0v) is 9.76. The van der Waals surface area contributed by atoms with Crippen molar-refractivity contribution in [2.75, 3.05) is 13.2 Å². The molecule has 4 heteroatoms. The lowest BCUT2D eigenvalue weighted by atomic mass is 10.1. The molecule has 1 heterocycles. The third-order valence-electron chi connectivity index (χ3n) is 2.91. The van der Waals surface area contributed by atoms with Crippen LogP contribution in [0.3, 0.4) is 0 Å². The number of carbonyl (C=O) groups excluding carboxylic acids is 1. The summed E-state index contributed by atoms with van der Waals surface area (Å²) in [6.07, 6.45) is 1.45. The lowest BCUT2D eigenvalue weighted by Crippen LogP contribution is -2.46. The van der Waals surface area contributed by atoms with Gasteiger partial charge in [-0.3, -0.25) is 4.79 Å². The highest BCUT2D eigenvalue weighted by Gasteiger charge is 2.21. The molecular weight excluding hydrogens is 216 g/mol. The molecule has 2 atom stereocenters. The van der Waals surface area contributed by atoms with Crippen LogP contribution >= 0.6 is 0 Å². The molecule has 1 fully saturated rings. The van der Waals surface area contributed by atoms with Gasteiger partial charge in [-0.25, -0.2) is 0 Å². The summed E-state index contributed by atoms with van der Waals surface area (Å²) >= 11 is 0. The van der Waals surface area contributed by atoms with Crippen molar-refractivity contribution in [2.24, 2.45) is 5.73 Å². The summed E-state index contributed by atoms with van der Waals surface area (Å²) in [4.78, 5) is 11.8. The molecule has 3 N–H and O–H groups in total. The normalized spacial score (nSPS) is 21.1. The first-order chi connectivity index (χ1) is 8.25. The maximum Gasteiger partial charge on any atom is 0.237 e. The van der Waals surface area contributed by atoms with E-state index in [1.54, 1.807) is 0 Å². The van der Waals surface area contributed by atoms with Crippen LogP contribution in [0.1, 0.15) is 12.0 Å². The quantitative estimate of drug-likeness (QED) is 0.795. The first-order valence-corrected chi connectivity index (χ1v) is 5.93. The van der Waals surface area contributed by atoms with Crippen molar-refractivity contribution < 1.29 is 9.53 Å². The average molecular weight is 234 g/mol. The molecular formula is C13H18N2O2. The van der Waals surface area contributed by atoms with E-state index < -0.39 is 6.04 Å². The van der Waals surface area contributed by atoms with Crippen LogP contribution in [0.4, 0.5) is 0 Å². The molecule has 1 aliphatic heterocycles. The van der Waals surface area contributed by atoms with E-state index in [0.29, 0.717) is 13.0 Å². The third kappa shape index (κ3) is 3.54. The van der Waals surface area contributed by atoms with Crippen LogP contribution in [-0.2, 0) is 16.0 Å². The number of nitrogens with one attached hydrogen (secondary N) is 1. The van der Waals surface area contributed by atoms with Gasteiger partial charge in [0.1, 0.15) is 0 Å². The smallest absolute Gasteiger partial charge is 0.237 e. The van der Waals surface area contributed by atoms with Crippen molar-refractivity contribution in [3.63, 3.8) is 0 Å². The summed E-state index contributed by atoms with van der Waals surface area (Å²) in [6, 6.07) is 9.44. The Hall–Kier alpha value is -1.39. The molecule has 0 saturated carbocycles. The maximum atomic E-state index is 11.8. The molecule has 4 nitrogen and oxygen atoms in total. The summed E-state index contributed by atoms with van der Waals surface area (Å²) in [5.41, 5.74) is 6.96. The van der Waals surface area contributed by atoms with Crippen molar-refractivity contribution in [3.05, 3.63) is 35.9 Å². The number of amides is 1. The minimum Gasteiger partial charge on any atom is -0.379 e. The molecule has 92 valence electrons. The van der Waals surface area contributed by atoms with E-state index in [2.05, 4.69) is 5.32 Å². The van der Waals surface area contributed by atoms with Gasteiger partial charge in [0.05, 0.1) is 18.7 Å². The fourth-order valence-electron chi connectivity index (χ4n) is 1.92. The standard InChI is InChI=1S/C13H18N2O2/c14-12(8-10-4-2-1-3-5-10)13(16)15-11-6-7-17-9-11/h1-5,11-12H,6-9,14H2,(H,15,16). The Bertz CT molecular complexity index is 361. The van der Waals surface area contributed by atoms with Crippen LogP contribution < -0.4 is 11.1 Å². The second kappa shape index (κ2) is 5.80. The molecule has 1 aromatic rings. The molecule has 0 radical (unpaired) electrons. The fourth-order valence-corrected chi connectivity index (χ4v) is 1.92. The van der Waals surface area contributed by atoms with Gasteiger partial charge in [-0.1, -0.05) is 30.3 Å². The molecule has 1 amide bonds. The molecule has 1 saturated heterocycles. The monoisotopic (exact) mass is 234 g/mol. The number of rotatable bonds is 4. The number of hydrogen-bond donors (Lipinski definition) is 2. The first-order valence-electron chi connectivity index (χ1n) is 5.93. The van der Waals surface area contributed by atoms with Gasteiger partial charge in [0.25, 0.3) is 0 Å². The van der Waals surface area contributed by atoms with Crippen molar-refractivity contribution in [3.8, 4) is 0 Å². The Morgan fingerprint density at radius 2 is 2.24 bits per heavy atom. The number of nitrogens with two attached hydrogens (primary N) is 1. The second-order valence-electron chi connectivity index (χ2n) is 4.37. The van der Waals surface area contributed by atoms with Crippen molar-refractivity contribution in [1.29, 1.82) is 0 Å². The van der Waals surface area contributed by atoms with Crippen molar-refractivity contribution in [2.45, 2.75) is 24.9 Å². The molecule has 17 heavy (non-hydrogen) atoms. The largest absolute Gasteiger partial charge is 0.379 e. The molecule has 0 bridgehead atoms. The summed E-state index contributed by atoms with van der Waals surface area (Å²) in [7, 11) is 0. The molecule has 2 rings (SSSR count). The van der Waals surface area contributed by atoms with Crippen molar-refractivity contribution >= 4 is 5.91 Å². The zero-order valence-electron chi connectivity index (χ0n) is 9.76. The van der Waals surface area contributed by atoms with E-state index in [4.69, 9.17) is 10.5 Å². The first kappa shape index (κ1) is 12.1. The summed E-state index contributed by atoms with van der Waals surface area (Å²) in [5, 5.41) is 2.91. The number of benzene rings is 1. The Kier molecular flexibility index (Phi) is 4.12. The highest BCUT2D eigenvalue weighted by Crippen LogP contribution is 2.05. The molecule has 0 spiro atoms. The van der Waals surface area contributed by atoms with Crippen LogP contribution in [-0.4, -0.2) is 31.2 Å². The summed E-state index contributed by atoms with van der Waals surface area (Å²) in [5.74, 6) is -0.0932. The van der Waals surface area contributed by atoms with Crippen LogP contribution in [0.5, 0.6) is 0 Å². The molecule has 2 unspecified atom stereocenters. The highest BCUT2D eigenvalue weighted by molar-refractivity contribution is 5.82. The molecule has 1 aromatic carbocycles. The molecule has 0 aromatic heterocycles. The Labute approximate surface area is 101 Å². The predicted octanol–water partition coefficient (Wildman–Crippen LogP) is 0.461. The minimum atomic E-state index is -0.488. The molecule has 0 aliphatic carbocycles. The number of carbonyl (C=O) groups is 1. The van der Waals surface area contributed by atoms with Gasteiger partial charge in [-0.15, -0.1) is 0 Å². The number of hydrogen-bond acceptors (Lipinski definition) is 3. The lowest BCUT2D eigenvalue weighted by molar-refractivity contribution is -0.123. The summed E-state index contributed by atoms with van der Waals surface area (Å²) < 4.78 is 5.20. The highest BCUT2D eigenvalue weighted by atomic mass is 16.5. The van der Waals surface area contributed by atoms with E-state index in [1.807, 2.05) is 30.3 Å². The van der Waals surface area contributed by atoms with Gasteiger partial charge in [0.15, 0.2) is 0 Å². The Morgan fingerprint density at radius 3 is 2.88 bits per heavy atom. The second-order valence-corrected chi connectivity index (χ2v) is 4.37. The maximum absolute atomic E-state index is 11.8. The van der Waals surface area contributed by atoms with Gasteiger partial charge in [0, 0.05) is 6.61 Å². The van der Waals surface area contributed by atoms with Crippen LogP contribution in [0.25, 0.3) is 0 Å². The Balaban J connectivity index is 1.82. The van der Waals surface area contributed by atoms with Gasteiger partial charge in [-0.2, -0.15) is 0 Å². The topological polar surface area (TPSA) is 64.4 Å². The third-order valence-corrected chi connectivity index (χ3v) is 2.91. The van der Waals surface area contributed by atoms with Crippen LogP contribution in [0, 0.1) is 0 Å². The lowest BCUT2D eigenvalue weighted by Gasteiger charge is -2.15. The van der Waals surface area contributed by atoms with E-state index in [9.17, 15) is 4.79 Å². The van der Waals surface area contributed by atoms with E-state index >= 15 is 0 Å². The van der Waals surface area contributed by atoms with Crippen molar-refractivity contribution in [1.82, 2.24) is 5.32 Å². The summed E-state index contributed by atoms with van der Waals surface area (Å²) in [6.45, 7) is 1.32. The van der Waals surface area contributed by atoms with Gasteiger partial charge in [0.2, 0.25) is 5.91 Å². The van der Waals surface area contributed by atoms with E-state index in [-0.39, 0.29) is 11.9 Å². The van der Waals surface area contributed by atoms with E-state index in [1.165, 1.54) is 0 Å². The van der Waals surface area contributed by atoms with E-state index in [0.717, 1.165) is 18.6 Å². The Morgan fingerprint density at radius 1 is 1.47 bits per heavy atom. The predicted molar refractivity (Wildman–Crippen MR) is 65.5 cm³/mol. The average Bonchev–Trinajstić information content (AvgIpc) is 2.83. The number of ether oxygens (including phenoxy) is 1. The fraction of sp³-hybridized carbons (Fsp3) is 0.462. The van der Waals surface area contributed by atoms with Gasteiger partial charge in [-0.05, 0) is 18.4 Å². The van der Waals surface area contributed by atoms with Gasteiger partial charge < -0.3 is 15.8 Å². The zero-order chi connectivity index (χ0) is 12.1. The van der Waals surface area contributed by atoms with Gasteiger partial charge >= 0.3 is 0 Å². The van der Waals surface area contributed by atoms with Crippen LogP contribution in [0.2, 0.25) is 0 Å². The minimum absolute atomic E-state index is 0.0932. The van der Waals surface area contributed by atoms with Crippen LogP contribution in [0.15, 0.2) is 30.3 Å². The molecule has 1 aliphatic rings. The SMILES string of the molecule is NC(Cc1ccccc1)C(=O)NC1CCOC1.